The second kappa shape index (κ2) is 11.1. The van der Waals surface area contributed by atoms with Gasteiger partial charge >= 0.3 is 0 Å². The average molecular weight is 436 g/mol. The van der Waals surface area contributed by atoms with Crippen molar-refractivity contribution in [1.82, 2.24) is 25.4 Å². The van der Waals surface area contributed by atoms with Crippen LogP contribution in [0.25, 0.3) is 0 Å². The van der Waals surface area contributed by atoms with Crippen LogP contribution in [0, 0.1) is 5.92 Å². The largest absolute Gasteiger partial charge is 0.494 e. The van der Waals surface area contributed by atoms with Crippen molar-refractivity contribution < 1.29 is 14.3 Å². The number of ether oxygens (including phenoxy) is 1. The number of rotatable bonds is 10. The van der Waals surface area contributed by atoms with E-state index in [-0.39, 0.29) is 17.7 Å². The Morgan fingerprint density at radius 3 is 2.31 bits per heavy atom. The molecule has 3 rings (SSSR count). The van der Waals surface area contributed by atoms with E-state index in [1.54, 1.807) is 35.3 Å². The van der Waals surface area contributed by atoms with Crippen molar-refractivity contribution in [3.05, 3.63) is 77.9 Å². The third kappa shape index (κ3) is 6.41. The van der Waals surface area contributed by atoms with Crippen molar-refractivity contribution >= 4 is 11.8 Å². The highest BCUT2D eigenvalue weighted by Gasteiger charge is 2.24. The van der Waals surface area contributed by atoms with Crippen LogP contribution in [-0.2, 0) is 17.9 Å². The highest BCUT2D eigenvalue weighted by molar-refractivity contribution is 5.97. The average Bonchev–Trinajstić information content (AvgIpc) is 3.30. The molecular weight excluding hydrogens is 406 g/mol. The summed E-state index contributed by atoms with van der Waals surface area (Å²) in [6.45, 7) is 7.29. The normalized spacial score (nSPS) is 11.8. The molecule has 0 fully saturated rings. The Labute approximate surface area is 188 Å². The van der Waals surface area contributed by atoms with Crippen LogP contribution in [0.2, 0.25) is 0 Å². The summed E-state index contributed by atoms with van der Waals surface area (Å²) in [5.74, 6) is 0.131. The van der Waals surface area contributed by atoms with Crippen LogP contribution < -0.4 is 15.4 Å². The SMILES string of the molecule is CCOc1ccc(C(=O)NC(C(=O)NCc2ccc(Cn3cncn3)cc2)C(C)C)cc1. The Hall–Kier alpha value is -3.68. The lowest BCUT2D eigenvalue weighted by atomic mass is 10.0. The zero-order valence-corrected chi connectivity index (χ0v) is 18.6. The lowest BCUT2D eigenvalue weighted by molar-refractivity contribution is -0.124. The molecule has 32 heavy (non-hydrogen) atoms. The number of nitrogens with zero attached hydrogens (tertiary/aromatic N) is 3. The van der Waals surface area contributed by atoms with Crippen molar-refractivity contribution in [2.75, 3.05) is 6.61 Å². The van der Waals surface area contributed by atoms with Crippen LogP contribution in [0.5, 0.6) is 5.75 Å². The molecule has 1 heterocycles. The first kappa shape index (κ1) is 23.0. The zero-order valence-electron chi connectivity index (χ0n) is 18.6. The van der Waals surface area contributed by atoms with Gasteiger partial charge < -0.3 is 15.4 Å². The fourth-order valence-corrected chi connectivity index (χ4v) is 3.19. The van der Waals surface area contributed by atoms with Crippen molar-refractivity contribution in [3.8, 4) is 5.75 Å². The van der Waals surface area contributed by atoms with Gasteiger partial charge in [0, 0.05) is 12.1 Å². The van der Waals surface area contributed by atoms with Gasteiger partial charge in [-0.3, -0.25) is 9.59 Å². The van der Waals surface area contributed by atoms with Gasteiger partial charge in [0.15, 0.2) is 0 Å². The van der Waals surface area contributed by atoms with E-state index in [4.69, 9.17) is 4.74 Å². The molecule has 8 nitrogen and oxygen atoms in total. The van der Waals surface area contributed by atoms with Gasteiger partial charge in [-0.2, -0.15) is 5.10 Å². The molecule has 2 N–H and O–H groups in total. The Balaban J connectivity index is 1.54. The molecule has 0 aliphatic rings. The summed E-state index contributed by atoms with van der Waals surface area (Å²) in [7, 11) is 0. The highest BCUT2D eigenvalue weighted by Crippen LogP contribution is 2.13. The van der Waals surface area contributed by atoms with Crippen LogP contribution >= 0.6 is 0 Å². The predicted molar refractivity (Wildman–Crippen MR) is 121 cm³/mol. The Kier molecular flexibility index (Phi) is 7.96. The minimum atomic E-state index is -0.638. The van der Waals surface area contributed by atoms with Gasteiger partial charge in [-0.05, 0) is 48.2 Å². The smallest absolute Gasteiger partial charge is 0.251 e. The molecule has 8 heteroatoms. The van der Waals surface area contributed by atoms with Crippen molar-refractivity contribution in [1.29, 1.82) is 0 Å². The van der Waals surface area contributed by atoms with Crippen LogP contribution in [0.4, 0.5) is 0 Å². The van der Waals surface area contributed by atoms with E-state index < -0.39 is 6.04 Å². The molecule has 1 aromatic heterocycles. The standard InChI is InChI=1S/C24H29N5O3/c1-4-32-21-11-9-20(10-12-21)23(30)28-22(17(2)3)24(31)26-13-18-5-7-19(8-6-18)14-29-16-25-15-27-29/h5-12,15-17,22H,4,13-14H2,1-3H3,(H,26,31)(H,28,30). The lowest BCUT2D eigenvalue weighted by Crippen LogP contribution is -2.49. The molecule has 168 valence electrons. The maximum atomic E-state index is 12.8. The predicted octanol–water partition coefficient (Wildman–Crippen LogP) is 2.80. The fraction of sp³-hybridized carbons (Fsp3) is 0.333. The number of carbonyl (C=O) groups excluding carboxylic acids is 2. The van der Waals surface area contributed by atoms with Gasteiger partial charge in [-0.15, -0.1) is 0 Å². The van der Waals surface area contributed by atoms with Gasteiger partial charge in [0.05, 0.1) is 13.2 Å². The monoisotopic (exact) mass is 435 g/mol. The van der Waals surface area contributed by atoms with Gasteiger partial charge in [0.25, 0.3) is 5.91 Å². The molecule has 1 unspecified atom stereocenters. The quantitative estimate of drug-likeness (QED) is 0.510. The van der Waals surface area contributed by atoms with E-state index in [0.717, 1.165) is 11.1 Å². The summed E-state index contributed by atoms with van der Waals surface area (Å²) in [4.78, 5) is 29.3. The second-order valence-corrected chi connectivity index (χ2v) is 7.78. The number of aromatic nitrogens is 3. The van der Waals surface area contributed by atoms with Crippen LogP contribution in [-0.4, -0.2) is 39.2 Å². The summed E-state index contributed by atoms with van der Waals surface area (Å²) in [5, 5.41) is 9.87. The summed E-state index contributed by atoms with van der Waals surface area (Å²) in [6, 6.07) is 14.2. The van der Waals surface area contributed by atoms with Gasteiger partial charge in [0.2, 0.25) is 5.91 Å². The number of amides is 2. The minimum Gasteiger partial charge on any atom is -0.494 e. The van der Waals surface area contributed by atoms with E-state index in [0.29, 0.717) is 31.0 Å². The molecule has 0 bridgehead atoms. The first-order valence-electron chi connectivity index (χ1n) is 10.7. The summed E-state index contributed by atoms with van der Waals surface area (Å²) in [6.07, 6.45) is 3.17. The Bertz CT molecular complexity index is 999. The molecule has 0 aliphatic carbocycles. The third-order valence-corrected chi connectivity index (χ3v) is 4.96. The van der Waals surface area contributed by atoms with Gasteiger partial charge in [-0.25, -0.2) is 9.67 Å². The van der Waals surface area contributed by atoms with Crippen LogP contribution in [0.15, 0.2) is 61.2 Å². The molecular formula is C24H29N5O3. The maximum Gasteiger partial charge on any atom is 0.251 e. The van der Waals surface area contributed by atoms with Crippen molar-refractivity contribution in [3.63, 3.8) is 0 Å². The first-order chi connectivity index (χ1) is 15.5. The second-order valence-electron chi connectivity index (χ2n) is 7.78. The molecule has 3 aromatic rings. The molecule has 2 aromatic carbocycles. The lowest BCUT2D eigenvalue weighted by Gasteiger charge is -2.22. The molecule has 0 saturated heterocycles. The number of hydrogen-bond acceptors (Lipinski definition) is 5. The van der Waals surface area contributed by atoms with Gasteiger partial charge in [0.1, 0.15) is 24.4 Å². The Morgan fingerprint density at radius 1 is 1.03 bits per heavy atom. The van der Waals surface area contributed by atoms with E-state index in [1.807, 2.05) is 45.0 Å². The van der Waals surface area contributed by atoms with Crippen LogP contribution in [0.1, 0.15) is 42.3 Å². The number of benzene rings is 2. The van der Waals surface area contributed by atoms with Crippen LogP contribution in [0.3, 0.4) is 0 Å². The summed E-state index contributed by atoms with van der Waals surface area (Å²) < 4.78 is 7.15. The summed E-state index contributed by atoms with van der Waals surface area (Å²) >= 11 is 0. The number of hydrogen-bond donors (Lipinski definition) is 2. The molecule has 0 spiro atoms. The first-order valence-corrected chi connectivity index (χ1v) is 10.7. The zero-order chi connectivity index (χ0) is 22.9. The van der Waals surface area contributed by atoms with E-state index in [9.17, 15) is 9.59 Å². The molecule has 0 radical (unpaired) electrons. The van der Waals surface area contributed by atoms with Crippen molar-refractivity contribution in [2.45, 2.75) is 39.9 Å². The van der Waals surface area contributed by atoms with E-state index in [2.05, 4.69) is 20.7 Å². The Morgan fingerprint density at radius 2 is 1.72 bits per heavy atom. The van der Waals surface area contributed by atoms with Crippen molar-refractivity contribution in [2.24, 2.45) is 5.92 Å². The molecule has 1 atom stereocenters. The topological polar surface area (TPSA) is 98.1 Å². The van der Waals surface area contributed by atoms with E-state index >= 15 is 0 Å². The fourth-order valence-electron chi connectivity index (χ4n) is 3.19. The molecule has 0 aliphatic heterocycles. The van der Waals surface area contributed by atoms with E-state index in [1.165, 1.54) is 6.33 Å². The maximum absolute atomic E-state index is 12.8. The highest BCUT2D eigenvalue weighted by atomic mass is 16.5. The third-order valence-electron chi connectivity index (χ3n) is 4.96. The number of carbonyl (C=O) groups is 2. The summed E-state index contributed by atoms with van der Waals surface area (Å²) in [5.41, 5.74) is 2.55. The minimum absolute atomic E-state index is 0.0632. The molecule has 2 amide bonds. The molecule has 0 saturated carbocycles. The number of nitrogens with one attached hydrogen (secondary N) is 2. The van der Waals surface area contributed by atoms with Gasteiger partial charge in [-0.1, -0.05) is 38.1 Å².